The fourth-order valence-corrected chi connectivity index (χ4v) is 3.40. The smallest absolute Gasteiger partial charge is 0.235 e. The Balaban J connectivity index is 1.61. The molecule has 0 atom stereocenters. The van der Waals surface area contributed by atoms with E-state index in [1.54, 1.807) is 11.6 Å². The van der Waals surface area contributed by atoms with Gasteiger partial charge in [0.2, 0.25) is 4.96 Å². The van der Waals surface area contributed by atoms with Crippen LogP contribution < -0.4 is 9.47 Å². The summed E-state index contributed by atoms with van der Waals surface area (Å²) in [7, 11) is 1.63. The standard InChI is InChI=1S/C17H13BrN4O2S/c1-23-14-5-3-2-4-13(14)16-19-20-17-22(16)21-15(25-17)10-24-12-8-6-11(18)7-9-12/h2-9H,10H2,1H3. The van der Waals surface area contributed by atoms with Gasteiger partial charge in [-0.2, -0.15) is 9.61 Å². The molecule has 25 heavy (non-hydrogen) atoms. The minimum atomic E-state index is 0.376. The van der Waals surface area contributed by atoms with Gasteiger partial charge in [-0.25, -0.2) is 0 Å². The van der Waals surface area contributed by atoms with Crippen LogP contribution in [0.3, 0.4) is 0 Å². The maximum atomic E-state index is 5.78. The number of methoxy groups -OCH3 is 1. The average molecular weight is 417 g/mol. The summed E-state index contributed by atoms with van der Waals surface area (Å²) < 4.78 is 13.9. The highest BCUT2D eigenvalue weighted by atomic mass is 79.9. The predicted octanol–water partition coefficient (Wildman–Crippen LogP) is 4.20. The maximum Gasteiger partial charge on any atom is 0.235 e. The molecule has 0 bridgehead atoms. The van der Waals surface area contributed by atoms with Crippen LogP contribution in [-0.4, -0.2) is 26.9 Å². The number of rotatable bonds is 5. The molecular weight excluding hydrogens is 404 g/mol. The minimum absolute atomic E-state index is 0.376. The van der Waals surface area contributed by atoms with Gasteiger partial charge in [0.05, 0.1) is 12.7 Å². The zero-order chi connectivity index (χ0) is 17.2. The lowest BCUT2D eigenvalue weighted by Crippen LogP contribution is -1.98. The first-order chi connectivity index (χ1) is 12.2. The molecule has 0 fully saturated rings. The molecule has 0 aliphatic rings. The highest BCUT2D eigenvalue weighted by molar-refractivity contribution is 9.10. The Morgan fingerprint density at radius 3 is 2.68 bits per heavy atom. The summed E-state index contributed by atoms with van der Waals surface area (Å²) >= 11 is 4.86. The molecule has 0 unspecified atom stereocenters. The molecule has 0 aliphatic carbocycles. The van der Waals surface area contributed by atoms with Crippen molar-refractivity contribution >= 4 is 32.2 Å². The van der Waals surface area contributed by atoms with Crippen LogP contribution in [0.15, 0.2) is 53.0 Å². The molecule has 4 rings (SSSR count). The normalized spacial score (nSPS) is 11.0. The van der Waals surface area contributed by atoms with Gasteiger partial charge in [0.1, 0.15) is 18.1 Å². The van der Waals surface area contributed by atoms with Crippen molar-refractivity contribution in [2.24, 2.45) is 0 Å². The molecule has 6 nitrogen and oxygen atoms in total. The maximum absolute atomic E-state index is 5.78. The Bertz CT molecular complexity index is 1010. The third kappa shape index (κ3) is 3.22. The summed E-state index contributed by atoms with van der Waals surface area (Å²) in [5.74, 6) is 2.18. The second kappa shape index (κ2) is 6.81. The minimum Gasteiger partial charge on any atom is -0.496 e. The van der Waals surface area contributed by atoms with Crippen LogP contribution in [0.2, 0.25) is 0 Å². The first kappa shape index (κ1) is 16.0. The van der Waals surface area contributed by atoms with Crippen LogP contribution >= 0.6 is 27.3 Å². The highest BCUT2D eigenvalue weighted by Gasteiger charge is 2.16. The van der Waals surface area contributed by atoms with Gasteiger partial charge in [0.15, 0.2) is 10.8 Å². The second-order valence-corrected chi connectivity index (χ2v) is 7.11. The Morgan fingerprint density at radius 1 is 1.08 bits per heavy atom. The molecule has 4 aromatic rings. The number of fused-ring (bicyclic) bond motifs is 1. The SMILES string of the molecule is COc1ccccc1-c1nnc2sc(COc3ccc(Br)cc3)nn12. The number of aromatic nitrogens is 4. The monoisotopic (exact) mass is 416 g/mol. The van der Waals surface area contributed by atoms with Crippen LogP contribution in [0.1, 0.15) is 5.01 Å². The van der Waals surface area contributed by atoms with Crippen molar-refractivity contribution in [3.63, 3.8) is 0 Å². The number of hydrogen-bond donors (Lipinski definition) is 0. The summed E-state index contributed by atoms with van der Waals surface area (Å²) in [5, 5.41) is 13.8. The van der Waals surface area contributed by atoms with Crippen molar-refractivity contribution in [3.8, 4) is 22.9 Å². The van der Waals surface area contributed by atoms with E-state index in [2.05, 4.69) is 31.2 Å². The Hall–Kier alpha value is -2.45. The van der Waals surface area contributed by atoms with Crippen LogP contribution in [0.25, 0.3) is 16.3 Å². The van der Waals surface area contributed by atoms with E-state index in [1.165, 1.54) is 11.3 Å². The van der Waals surface area contributed by atoms with E-state index in [-0.39, 0.29) is 0 Å². The first-order valence-corrected chi connectivity index (χ1v) is 9.08. The van der Waals surface area contributed by atoms with Gasteiger partial charge in [-0.05, 0) is 36.4 Å². The molecule has 2 aromatic carbocycles. The zero-order valence-electron chi connectivity index (χ0n) is 13.2. The van der Waals surface area contributed by atoms with Crippen LogP contribution in [0, 0.1) is 0 Å². The van der Waals surface area contributed by atoms with Gasteiger partial charge in [0.25, 0.3) is 0 Å². The van der Waals surface area contributed by atoms with E-state index in [4.69, 9.17) is 9.47 Å². The molecule has 0 radical (unpaired) electrons. The van der Waals surface area contributed by atoms with Gasteiger partial charge in [-0.15, -0.1) is 10.2 Å². The molecule has 0 spiro atoms. The van der Waals surface area contributed by atoms with Crippen molar-refractivity contribution in [1.82, 2.24) is 19.8 Å². The lowest BCUT2D eigenvalue weighted by atomic mass is 10.2. The molecule has 0 aliphatic heterocycles. The van der Waals surface area contributed by atoms with Crippen molar-refractivity contribution in [2.45, 2.75) is 6.61 Å². The molecule has 0 amide bonds. The molecule has 2 aromatic heterocycles. The number of nitrogens with zero attached hydrogens (tertiary/aromatic N) is 4. The molecule has 8 heteroatoms. The molecule has 0 saturated carbocycles. The van der Waals surface area contributed by atoms with E-state index in [0.29, 0.717) is 12.4 Å². The summed E-state index contributed by atoms with van der Waals surface area (Å²) in [4.78, 5) is 0.718. The summed E-state index contributed by atoms with van der Waals surface area (Å²) in [6.07, 6.45) is 0. The largest absolute Gasteiger partial charge is 0.496 e. The Morgan fingerprint density at radius 2 is 1.88 bits per heavy atom. The van der Waals surface area contributed by atoms with Gasteiger partial charge < -0.3 is 9.47 Å². The number of para-hydroxylation sites is 1. The number of halogens is 1. The van der Waals surface area contributed by atoms with Crippen LogP contribution in [0.5, 0.6) is 11.5 Å². The van der Waals surface area contributed by atoms with E-state index in [1.807, 2.05) is 48.5 Å². The van der Waals surface area contributed by atoms with Crippen LogP contribution in [0.4, 0.5) is 0 Å². The Kier molecular flexibility index (Phi) is 4.37. The number of hydrogen-bond acceptors (Lipinski definition) is 6. The summed E-state index contributed by atoms with van der Waals surface area (Å²) in [5.41, 5.74) is 0.850. The summed E-state index contributed by atoms with van der Waals surface area (Å²) in [6.45, 7) is 0.376. The van der Waals surface area contributed by atoms with E-state index < -0.39 is 0 Å². The van der Waals surface area contributed by atoms with E-state index in [0.717, 1.165) is 31.5 Å². The molecule has 0 saturated heterocycles. The van der Waals surface area contributed by atoms with E-state index >= 15 is 0 Å². The molecule has 2 heterocycles. The van der Waals surface area contributed by atoms with E-state index in [9.17, 15) is 0 Å². The van der Waals surface area contributed by atoms with Gasteiger partial charge in [-0.1, -0.05) is 39.4 Å². The predicted molar refractivity (Wildman–Crippen MR) is 99.1 cm³/mol. The first-order valence-electron chi connectivity index (χ1n) is 7.47. The van der Waals surface area contributed by atoms with Crippen molar-refractivity contribution in [2.75, 3.05) is 7.11 Å². The lowest BCUT2D eigenvalue weighted by Gasteiger charge is -2.05. The summed E-state index contributed by atoms with van der Waals surface area (Å²) in [6, 6.07) is 15.4. The fraction of sp³-hybridized carbons (Fsp3) is 0.118. The van der Waals surface area contributed by atoms with Crippen molar-refractivity contribution < 1.29 is 9.47 Å². The molecule has 126 valence electrons. The zero-order valence-corrected chi connectivity index (χ0v) is 15.6. The average Bonchev–Trinajstić information content (AvgIpc) is 3.21. The number of ether oxygens (including phenoxy) is 2. The quantitative estimate of drug-likeness (QED) is 0.487. The third-order valence-corrected chi connectivity index (χ3v) is 4.96. The molecular formula is C17H13BrN4O2S. The lowest BCUT2D eigenvalue weighted by molar-refractivity contribution is 0.304. The van der Waals surface area contributed by atoms with Gasteiger partial charge in [-0.3, -0.25) is 0 Å². The van der Waals surface area contributed by atoms with Crippen molar-refractivity contribution in [1.29, 1.82) is 0 Å². The molecule has 0 N–H and O–H groups in total. The topological polar surface area (TPSA) is 61.5 Å². The highest BCUT2D eigenvalue weighted by Crippen LogP contribution is 2.29. The Labute approximate surface area is 156 Å². The van der Waals surface area contributed by atoms with Crippen molar-refractivity contribution in [3.05, 3.63) is 58.0 Å². The van der Waals surface area contributed by atoms with Gasteiger partial charge in [0, 0.05) is 4.47 Å². The van der Waals surface area contributed by atoms with Crippen LogP contribution in [-0.2, 0) is 6.61 Å². The van der Waals surface area contributed by atoms with Gasteiger partial charge >= 0.3 is 0 Å². The third-order valence-electron chi connectivity index (χ3n) is 3.56. The second-order valence-electron chi connectivity index (χ2n) is 5.16. The number of benzene rings is 2. The fourth-order valence-electron chi connectivity index (χ4n) is 2.39.